The van der Waals surface area contributed by atoms with Crippen LogP contribution in [-0.4, -0.2) is 60.4 Å². The van der Waals surface area contributed by atoms with Gasteiger partial charge in [0.15, 0.2) is 11.6 Å². The lowest BCUT2D eigenvalue weighted by atomic mass is 10.00. The molecule has 0 aromatic heterocycles. The SMILES string of the molecule is CC1(C)OCC2OC[C@H](O)[C@H]3OC(C)(C)OC3[C@@H]2O1. The van der Waals surface area contributed by atoms with Gasteiger partial charge in [-0.15, -0.1) is 0 Å². The molecule has 0 radical (unpaired) electrons. The number of aliphatic hydroxyl groups is 1. The number of aliphatic hydroxyl groups excluding tert-OH is 1. The molecule has 0 aromatic rings. The quantitative estimate of drug-likeness (QED) is 0.690. The van der Waals surface area contributed by atoms with Gasteiger partial charge in [0.2, 0.25) is 0 Å². The van der Waals surface area contributed by atoms with Crippen LogP contribution in [0.2, 0.25) is 0 Å². The van der Waals surface area contributed by atoms with E-state index in [1.807, 2.05) is 27.7 Å². The molecule has 3 aliphatic heterocycles. The molecule has 3 aliphatic rings. The molecule has 1 N–H and O–H groups in total. The molecule has 0 amide bonds. The minimum absolute atomic E-state index is 0.203. The van der Waals surface area contributed by atoms with Crippen molar-refractivity contribution in [3.8, 4) is 0 Å². The molecule has 2 unspecified atom stereocenters. The molecule has 0 saturated carbocycles. The van der Waals surface area contributed by atoms with Crippen LogP contribution in [-0.2, 0) is 23.7 Å². The number of fused-ring (bicyclic) bond motifs is 3. The Morgan fingerprint density at radius 3 is 2.21 bits per heavy atom. The molecule has 19 heavy (non-hydrogen) atoms. The lowest BCUT2D eigenvalue weighted by molar-refractivity contribution is -0.325. The zero-order valence-corrected chi connectivity index (χ0v) is 11.8. The van der Waals surface area contributed by atoms with Crippen LogP contribution in [0.3, 0.4) is 0 Å². The zero-order chi connectivity index (χ0) is 13.8. The highest BCUT2D eigenvalue weighted by atomic mass is 16.8. The van der Waals surface area contributed by atoms with E-state index in [-0.39, 0.29) is 24.9 Å². The molecule has 6 heteroatoms. The third kappa shape index (κ3) is 2.53. The molecule has 0 aromatic carbocycles. The molecule has 110 valence electrons. The second-order valence-corrected chi connectivity index (χ2v) is 6.30. The topological polar surface area (TPSA) is 66.4 Å². The average molecular weight is 274 g/mol. The van der Waals surface area contributed by atoms with Crippen LogP contribution in [0.5, 0.6) is 0 Å². The normalized spacial score (nSPS) is 48.2. The molecule has 0 bridgehead atoms. The fourth-order valence-corrected chi connectivity index (χ4v) is 2.92. The van der Waals surface area contributed by atoms with E-state index in [0.717, 1.165) is 0 Å². The Morgan fingerprint density at radius 2 is 1.47 bits per heavy atom. The van der Waals surface area contributed by atoms with Crippen molar-refractivity contribution < 1.29 is 28.8 Å². The van der Waals surface area contributed by atoms with E-state index >= 15 is 0 Å². The van der Waals surface area contributed by atoms with Crippen molar-refractivity contribution >= 4 is 0 Å². The van der Waals surface area contributed by atoms with Gasteiger partial charge >= 0.3 is 0 Å². The first-order chi connectivity index (χ1) is 8.77. The van der Waals surface area contributed by atoms with E-state index in [1.165, 1.54) is 0 Å². The van der Waals surface area contributed by atoms with Gasteiger partial charge in [0.25, 0.3) is 0 Å². The molecule has 0 aliphatic carbocycles. The smallest absolute Gasteiger partial charge is 0.164 e. The Balaban J connectivity index is 1.87. The van der Waals surface area contributed by atoms with Crippen molar-refractivity contribution in [3.63, 3.8) is 0 Å². The van der Waals surface area contributed by atoms with Crippen LogP contribution >= 0.6 is 0 Å². The number of ether oxygens (including phenoxy) is 5. The summed E-state index contributed by atoms with van der Waals surface area (Å²) in [5.41, 5.74) is 0. The monoisotopic (exact) mass is 274 g/mol. The summed E-state index contributed by atoms with van der Waals surface area (Å²) in [5, 5.41) is 10.1. The van der Waals surface area contributed by atoms with Crippen molar-refractivity contribution in [2.75, 3.05) is 13.2 Å². The van der Waals surface area contributed by atoms with Crippen LogP contribution in [0.25, 0.3) is 0 Å². The number of rotatable bonds is 0. The van der Waals surface area contributed by atoms with E-state index in [4.69, 9.17) is 23.7 Å². The van der Waals surface area contributed by atoms with Crippen LogP contribution in [0.4, 0.5) is 0 Å². The van der Waals surface area contributed by atoms with E-state index < -0.39 is 23.8 Å². The van der Waals surface area contributed by atoms with Gasteiger partial charge in [-0.2, -0.15) is 0 Å². The maximum absolute atomic E-state index is 10.1. The first-order valence-corrected chi connectivity index (χ1v) is 6.74. The Morgan fingerprint density at radius 1 is 0.842 bits per heavy atom. The maximum Gasteiger partial charge on any atom is 0.164 e. The minimum atomic E-state index is -0.718. The molecular formula is C13H22O6. The average Bonchev–Trinajstić information content (AvgIpc) is 2.57. The summed E-state index contributed by atoms with van der Waals surface area (Å²) < 4.78 is 28.9. The Kier molecular flexibility index (Phi) is 3.16. The number of hydrogen-bond acceptors (Lipinski definition) is 6. The Bertz CT molecular complexity index is 353. The molecule has 6 nitrogen and oxygen atoms in total. The lowest BCUT2D eigenvalue weighted by Crippen LogP contribution is -2.55. The van der Waals surface area contributed by atoms with Crippen LogP contribution in [0, 0.1) is 0 Å². The summed E-state index contributed by atoms with van der Waals surface area (Å²) in [5.74, 6) is -1.40. The van der Waals surface area contributed by atoms with E-state index in [2.05, 4.69) is 0 Å². The van der Waals surface area contributed by atoms with Crippen molar-refractivity contribution in [1.82, 2.24) is 0 Å². The summed E-state index contributed by atoms with van der Waals surface area (Å²) in [6.07, 6.45) is -2.04. The van der Waals surface area contributed by atoms with Gasteiger partial charge in [-0.3, -0.25) is 0 Å². The van der Waals surface area contributed by atoms with Gasteiger partial charge in [0, 0.05) is 0 Å². The van der Waals surface area contributed by atoms with Crippen molar-refractivity contribution in [2.24, 2.45) is 0 Å². The molecule has 3 rings (SSSR count). The summed E-state index contributed by atoms with van der Waals surface area (Å²) in [6, 6.07) is 0. The van der Waals surface area contributed by atoms with Crippen LogP contribution < -0.4 is 0 Å². The first kappa shape index (κ1) is 13.7. The summed E-state index contributed by atoms with van der Waals surface area (Å²) in [6.45, 7) is 8.04. The molecule has 3 fully saturated rings. The van der Waals surface area contributed by atoms with Gasteiger partial charge in [-0.1, -0.05) is 0 Å². The largest absolute Gasteiger partial charge is 0.388 e. The molecule has 3 heterocycles. The predicted octanol–water partition coefficient (Wildman–Crippen LogP) is 0.418. The van der Waals surface area contributed by atoms with E-state index in [9.17, 15) is 5.11 Å². The zero-order valence-electron chi connectivity index (χ0n) is 11.8. The highest BCUT2D eigenvalue weighted by Gasteiger charge is 2.55. The summed E-state index contributed by atoms with van der Waals surface area (Å²) in [7, 11) is 0. The fraction of sp³-hybridized carbons (Fsp3) is 1.00. The Hall–Kier alpha value is -0.240. The highest BCUT2D eigenvalue weighted by Crippen LogP contribution is 2.39. The third-order valence-electron chi connectivity index (χ3n) is 3.73. The van der Waals surface area contributed by atoms with Crippen molar-refractivity contribution in [2.45, 2.75) is 69.8 Å². The van der Waals surface area contributed by atoms with Crippen molar-refractivity contribution in [1.29, 1.82) is 0 Å². The van der Waals surface area contributed by atoms with E-state index in [1.54, 1.807) is 0 Å². The summed E-state index contributed by atoms with van der Waals surface area (Å²) in [4.78, 5) is 0. The second-order valence-electron chi connectivity index (χ2n) is 6.30. The van der Waals surface area contributed by atoms with Crippen LogP contribution in [0.1, 0.15) is 27.7 Å². The first-order valence-electron chi connectivity index (χ1n) is 6.74. The lowest BCUT2D eigenvalue weighted by Gasteiger charge is -2.42. The maximum atomic E-state index is 10.1. The molecule has 3 saturated heterocycles. The van der Waals surface area contributed by atoms with Crippen molar-refractivity contribution in [3.05, 3.63) is 0 Å². The standard InChI is InChI=1S/C13H22O6/c1-12(2)16-6-8-10(18-12)11-9(7(14)5-15-8)17-13(3,4)19-11/h7-11,14H,5-6H2,1-4H3/t7-,8?,9+,10+,11?/m0/s1. The second kappa shape index (κ2) is 4.38. The predicted molar refractivity (Wildman–Crippen MR) is 64.5 cm³/mol. The minimum Gasteiger partial charge on any atom is -0.388 e. The number of hydrogen-bond donors (Lipinski definition) is 1. The van der Waals surface area contributed by atoms with Gasteiger partial charge in [-0.05, 0) is 27.7 Å². The fourth-order valence-electron chi connectivity index (χ4n) is 2.92. The van der Waals surface area contributed by atoms with Gasteiger partial charge in [0.1, 0.15) is 30.5 Å². The highest BCUT2D eigenvalue weighted by molar-refractivity contribution is 4.98. The Labute approximate surface area is 112 Å². The molecular weight excluding hydrogens is 252 g/mol. The van der Waals surface area contributed by atoms with Gasteiger partial charge in [0.05, 0.1) is 13.2 Å². The molecule has 0 spiro atoms. The van der Waals surface area contributed by atoms with Gasteiger partial charge < -0.3 is 28.8 Å². The molecule has 5 atom stereocenters. The van der Waals surface area contributed by atoms with Crippen LogP contribution in [0.15, 0.2) is 0 Å². The third-order valence-corrected chi connectivity index (χ3v) is 3.73. The summed E-state index contributed by atoms with van der Waals surface area (Å²) >= 11 is 0. The van der Waals surface area contributed by atoms with Gasteiger partial charge in [-0.25, -0.2) is 0 Å². The van der Waals surface area contributed by atoms with E-state index in [0.29, 0.717) is 6.61 Å².